The first-order valence-electron chi connectivity index (χ1n) is 7.11. The fraction of sp³-hybridized carbons (Fsp3) is 0.200. The van der Waals surface area contributed by atoms with E-state index in [-0.39, 0.29) is 5.96 Å². The number of phenolic OH excluding ortho intramolecular Hbond substituents is 1. The molecule has 1 aliphatic heterocycles. The third-order valence-electron chi connectivity index (χ3n) is 3.06. The molecule has 1 saturated heterocycles. The monoisotopic (exact) mass is 349 g/mol. The van der Waals surface area contributed by atoms with Crippen LogP contribution in [0, 0.1) is 10.1 Å². The predicted molar refractivity (Wildman–Crippen MR) is 90.2 cm³/mol. The quantitative estimate of drug-likeness (QED) is 0.499. The highest BCUT2D eigenvalue weighted by molar-refractivity contribution is 6.29. The average Bonchev–Trinajstić information content (AvgIpc) is 2.97. The van der Waals surface area contributed by atoms with E-state index >= 15 is 0 Å². The van der Waals surface area contributed by atoms with Gasteiger partial charge in [-0.1, -0.05) is 35.9 Å². The highest BCUT2D eigenvalue weighted by Gasteiger charge is 2.21. The van der Waals surface area contributed by atoms with E-state index in [9.17, 15) is 10.1 Å². The Hall–Kier alpha value is -2.87. The molecule has 0 bridgehead atoms. The number of nitrogens with zero attached hydrogens (tertiary/aromatic N) is 4. The van der Waals surface area contributed by atoms with Gasteiger partial charge >= 0.3 is 0 Å². The van der Waals surface area contributed by atoms with E-state index in [1.165, 1.54) is 0 Å². The average molecular weight is 350 g/mol. The van der Waals surface area contributed by atoms with Crippen molar-refractivity contribution in [3.63, 3.8) is 0 Å². The van der Waals surface area contributed by atoms with Crippen molar-refractivity contribution in [1.82, 2.24) is 15.2 Å². The van der Waals surface area contributed by atoms with Gasteiger partial charge in [-0.05, 0) is 23.8 Å². The summed E-state index contributed by atoms with van der Waals surface area (Å²) in [6.45, 7) is 1.84. The SMILES string of the molecule is O=[N+]([O-])/N=C1\NCCN1Cc1ccc(Cl)nc1.Oc1ccccc1. The maximum atomic E-state index is 10.3. The van der Waals surface area contributed by atoms with Crippen molar-refractivity contribution in [2.75, 3.05) is 13.1 Å². The molecule has 2 N–H and O–H groups in total. The third kappa shape index (κ3) is 5.73. The van der Waals surface area contributed by atoms with E-state index in [0.29, 0.717) is 30.5 Å². The van der Waals surface area contributed by atoms with Crippen molar-refractivity contribution < 1.29 is 10.1 Å². The summed E-state index contributed by atoms with van der Waals surface area (Å²) in [7, 11) is 0. The summed E-state index contributed by atoms with van der Waals surface area (Å²) >= 11 is 5.68. The molecule has 1 aliphatic rings. The zero-order chi connectivity index (χ0) is 17.4. The molecule has 3 rings (SSSR count). The number of phenols is 1. The lowest BCUT2D eigenvalue weighted by Crippen LogP contribution is -2.30. The number of halogens is 1. The van der Waals surface area contributed by atoms with E-state index in [2.05, 4.69) is 15.4 Å². The number of hydrogen-bond acceptors (Lipinski definition) is 4. The number of hydrogen-bond donors (Lipinski definition) is 2. The lowest BCUT2D eigenvalue weighted by atomic mass is 10.3. The lowest BCUT2D eigenvalue weighted by molar-refractivity contribution is -0.485. The molecule has 2 aromatic rings. The minimum Gasteiger partial charge on any atom is -0.508 e. The van der Waals surface area contributed by atoms with E-state index in [4.69, 9.17) is 16.7 Å². The molecular weight excluding hydrogens is 334 g/mol. The van der Waals surface area contributed by atoms with Gasteiger partial charge in [-0.25, -0.2) is 15.1 Å². The van der Waals surface area contributed by atoms with Crippen molar-refractivity contribution in [2.45, 2.75) is 6.54 Å². The molecule has 0 saturated carbocycles. The Kier molecular flexibility index (Phi) is 6.32. The van der Waals surface area contributed by atoms with E-state index < -0.39 is 5.03 Å². The number of rotatable bonds is 3. The van der Waals surface area contributed by atoms with Crippen LogP contribution in [-0.2, 0) is 6.54 Å². The minimum atomic E-state index is -0.708. The molecule has 0 unspecified atom stereocenters. The van der Waals surface area contributed by atoms with Crippen LogP contribution < -0.4 is 5.32 Å². The number of nitro groups is 1. The van der Waals surface area contributed by atoms with Gasteiger partial charge in [0.1, 0.15) is 16.0 Å². The maximum Gasteiger partial charge on any atom is 0.271 e. The summed E-state index contributed by atoms with van der Waals surface area (Å²) in [6.07, 6.45) is 1.64. The molecule has 1 aromatic heterocycles. The third-order valence-corrected chi connectivity index (χ3v) is 3.28. The number of pyridine rings is 1. The summed E-state index contributed by atoms with van der Waals surface area (Å²) < 4.78 is 0. The van der Waals surface area contributed by atoms with Crippen LogP contribution in [0.4, 0.5) is 0 Å². The van der Waals surface area contributed by atoms with Gasteiger partial charge in [0.2, 0.25) is 0 Å². The highest BCUT2D eigenvalue weighted by atomic mass is 35.5. The first-order valence-corrected chi connectivity index (χ1v) is 7.48. The van der Waals surface area contributed by atoms with E-state index in [0.717, 1.165) is 5.56 Å². The van der Waals surface area contributed by atoms with Crippen molar-refractivity contribution in [1.29, 1.82) is 0 Å². The number of aromatic hydroxyl groups is 1. The summed E-state index contributed by atoms with van der Waals surface area (Å²) in [6, 6.07) is 12.2. The number of benzene rings is 1. The Balaban J connectivity index is 0.000000249. The Labute approximate surface area is 143 Å². The number of aromatic nitrogens is 1. The molecule has 2 heterocycles. The molecule has 0 radical (unpaired) electrons. The molecule has 8 nitrogen and oxygen atoms in total. The second-order valence-electron chi connectivity index (χ2n) is 4.83. The second kappa shape index (κ2) is 8.68. The highest BCUT2D eigenvalue weighted by Crippen LogP contribution is 2.09. The molecule has 9 heteroatoms. The Morgan fingerprint density at radius 1 is 1.33 bits per heavy atom. The number of nitrogens with one attached hydrogen (secondary N) is 1. The van der Waals surface area contributed by atoms with Crippen LogP contribution >= 0.6 is 11.6 Å². The van der Waals surface area contributed by atoms with Crippen molar-refractivity contribution in [2.24, 2.45) is 5.10 Å². The van der Waals surface area contributed by atoms with Crippen LogP contribution in [0.5, 0.6) is 5.75 Å². The fourth-order valence-corrected chi connectivity index (χ4v) is 2.11. The summed E-state index contributed by atoms with van der Waals surface area (Å²) in [5.74, 6) is 0.604. The van der Waals surface area contributed by atoms with Crippen LogP contribution in [0.1, 0.15) is 5.56 Å². The van der Waals surface area contributed by atoms with Gasteiger partial charge in [0.05, 0.1) is 0 Å². The predicted octanol–water partition coefficient (Wildman–Crippen LogP) is 2.08. The number of hydrazone groups is 1. The summed E-state index contributed by atoms with van der Waals surface area (Å²) in [5, 5.41) is 24.8. The molecule has 0 atom stereocenters. The first-order chi connectivity index (χ1) is 11.5. The van der Waals surface area contributed by atoms with Crippen LogP contribution in [0.2, 0.25) is 5.15 Å². The van der Waals surface area contributed by atoms with Gasteiger partial charge in [0, 0.05) is 25.8 Å². The van der Waals surface area contributed by atoms with Crippen molar-refractivity contribution in [3.05, 3.63) is 69.5 Å². The van der Waals surface area contributed by atoms with E-state index in [1.807, 2.05) is 12.1 Å². The molecule has 1 aromatic carbocycles. The second-order valence-corrected chi connectivity index (χ2v) is 5.22. The van der Waals surface area contributed by atoms with Crippen LogP contribution in [0.25, 0.3) is 0 Å². The minimum absolute atomic E-state index is 0.282. The molecular formula is C15H16ClN5O3. The molecule has 1 fully saturated rings. The molecule has 24 heavy (non-hydrogen) atoms. The van der Waals surface area contributed by atoms with Crippen LogP contribution in [0.3, 0.4) is 0 Å². The normalized spacial score (nSPS) is 14.7. The summed E-state index contributed by atoms with van der Waals surface area (Å²) in [5.41, 5.74) is 0.925. The molecule has 126 valence electrons. The molecule has 0 amide bonds. The van der Waals surface area contributed by atoms with Crippen LogP contribution in [0.15, 0.2) is 53.8 Å². The zero-order valence-electron chi connectivity index (χ0n) is 12.7. The number of para-hydroxylation sites is 1. The smallest absolute Gasteiger partial charge is 0.271 e. The van der Waals surface area contributed by atoms with Gasteiger partial charge in [-0.3, -0.25) is 0 Å². The molecule has 0 aliphatic carbocycles. The van der Waals surface area contributed by atoms with Gasteiger partial charge < -0.3 is 15.3 Å². The Morgan fingerprint density at radius 2 is 2.08 bits per heavy atom. The topological polar surface area (TPSA) is 104 Å². The largest absolute Gasteiger partial charge is 0.508 e. The van der Waals surface area contributed by atoms with Gasteiger partial charge in [0.25, 0.3) is 5.96 Å². The lowest BCUT2D eigenvalue weighted by Gasteiger charge is -2.14. The zero-order valence-corrected chi connectivity index (χ0v) is 13.4. The fourth-order valence-electron chi connectivity index (χ4n) is 2.00. The van der Waals surface area contributed by atoms with Gasteiger partial charge in [0.15, 0.2) is 5.03 Å². The summed E-state index contributed by atoms with van der Waals surface area (Å²) in [4.78, 5) is 16.1. The standard InChI is InChI=1S/C9H10ClN5O2.C6H6O/c10-8-2-1-7(5-12-8)6-14-4-3-11-9(14)13-15(16)17;7-6-4-2-1-3-5-6/h1-2,5H,3-4,6H2,(H,11,13);1-5,7H. The van der Waals surface area contributed by atoms with E-state index in [1.54, 1.807) is 41.4 Å². The van der Waals surface area contributed by atoms with Crippen molar-refractivity contribution >= 4 is 17.6 Å². The van der Waals surface area contributed by atoms with Gasteiger partial charge in [-0.15, -0.1) is 0 Å². The number of guanidine groups is 1. The van der Waals surface area contributed by atoms with Crippen molar-refractivity contribution in [3.8, 4) is 5.75 Å². The van der Waals surface area contributed by atoms with Gasteiger partial charge in [-0.2, -0.15) is 0 Å². The van der Waals surface area contributed by atoms with Crippen LogP contribution in [-0.4, -0.2) is 39.1 Å². The first kappa shape index (κ1) is 17.5. The molecule has 0 spiro atoms. The maximum absolute atomic E-state index is 10.3. The Morgan fingerprint density at radius 3 is 2.62 bits per heavy atom. The Bertz CT molecular complexity index is 694.